The summed E-state index contributed by atoms with van der Waals surface area (Å²) in [6, 6.07) is 4.41. The molecule has 0 spiro atoms. The van der Waals surface area contributed by atoms with Crippen LogP contribution in [0.15, 0.2) is 28.8 Å². The van der Waals surface area contributed by atoms with E-state index in [9.17, 15) is 13.2 Å². The van der Waals surface area contributed by atoms with Crippen LogP contribution in [-0.2, 0) is 18.3 Å². The van der Waals surface area contributed by atoms with Gasteiger partial charge in [0.05, 0.1) is 11.1 Å². The maximum Gasteiger partial charge on any atom is 0.416 e. The average molecular weight is 313 g/mol. The van der Waals surface area contributed by atoms with Crippen LogP contribution in [0.2, 0.25) is 0 Å². The molecule has 3 rings (SSSR count). The lowest BCUT2D eigenvalue weighted by atomic mass is 9.77. The van der Waals surface area contributed by atoms with E-state index in [2.05, 4.69) is 10.1 Å². The molecule has 5 nitrogen and oxygen atoms in total. The standard InChI is InChI=1S/C14H14F3N3O2/c15-14(16,17)9-2-4-10(5-3-9)21-8-11-19-12(20-22-11)13(18)6-1-7-13/h2-5H,1,6-8,18H2. The smallest absolute Gasteiger partial charge is 0.416 e. The first kappa shape index (κ1) is 14.8. The SMILES string of the molecule is NC1(c2noc(COc3ccc(C(F)(F)F)cc3)n2)CCC1. The highest BCUT2D eigenvalue weighted by Crippen LogP contribution is 2.37. The molecule has 0 amide bonds. The van der Waals surface area contributed by atoms with Gasteiger partial charge < -0.3 is 15.0 Å². The number of benzene rings is 1. The van der Waals surface area contributed by atoms with E-state index in [1.165, 1.54) is 12.1 Å². The van der Waals surface area contributed by atoms with E-state index in [4.69, 9.17) is 15.0 Å². The number of ether oxygens (including phenoxy) is 1. The Hall–Kier alpha value is -2.09. The fourth-order valence-electron chi connectivity index (χ4n) is 2.18. The second kappa shape index (κ2) is 5.28. The van der Waals surface area contributed by atoms with Gasteiger partial charge in [0.15, 0.2) is 12.4 Å². The monoisotopic (exact) mass is 313 g/mol. The zero-order valence-electron chi connectivity index (χ0n) is 11.6. The molecule has 2 aromatic rings. The predicted molar refractivity (Wildman–Crippen MR) is 69.8 cm³/mol. The highest BCUT2D eigenvalue weighted by molar-refractivity contribution is 5.28. The topological polar surface area (TPSA) is 74.2 Å². The van der Waals surface area contributed by atoms with Crippen LogP contribution >= 0.6 is 0 Å². The minimum atomic E-state index is -4.36. The van der Waals surface area contributed by atoms with Crippen molar-refractivity contribution < 1.29 is 22.4 Å². The van der Waals surface area contributed by atoms with Crippen molar-refractivity contribution in [2.75, 3.05) is 0 Å². The number of rotatable bonds is 4. The molecule has 0 bridgehead atoms. The van der Waals surface area contributed by atoms with Crippen molar-refractivity contribution >= 4 is 0 Å². The van der Waals surface area contributed by atoms with E-state index in [1.807, 2.05) is 0 Å². The first-order valence-electron chi connectivity index (χ1n) is 6.79. The van der Waals surface area contributed by atoms with Gasteiger partial charge in [-0.05, 0) is 43.5 Å². The van der Waals surface area contributed by atoms with Gasteiger partial charge in [-0.3, -0.25) is 0 Å². The zero-order valence-corrected chi connectivity index (χ0v) is 11.6. The Morgan fingerprint density at radius 3 is 2.45 bits per heavy atom. The highest BCUT2D eigenvalue weighted by atomic mass is 19.4. The number of nitrogens with two attached hydrogens (primary N) is 1. The van der Waals surface area contributed by atoms with Gasteiger partial charge in [0, 0.05) is 0 Å². The molecule has 1 aliphatic carbocycles. The summed E-state index contributed by atoms with van der Waals surface area (Å²) in [5, 5.41) is 3.83. The summed E-state index contributed by atoms with van der Waals surface area (Å²) in [5.41, 5.74) is 4.83. The Labute approximate surface area is 124 Å². The van der Waals surface area contributed by atoms with Gasteiger partial charge in [-0.15, -0.1) is 0 Å². The summed E-state index contributed by atoms with van der Waals surface area (Å²) in [4.78, 5) is 4.17. The van der Waals surface area contributed by atoms with Gasteiger partial charge in [0.25, 0.3) is 5.89 Å². The first-order valence-corrected chi connectivity index (χ1v) is 6.79. The number of nitrogens with zero attached hydrogens (tertiary/aromatic N) is 2. The summed E-state index contributed by atoms with van der Waals surface area (Å²) < 4.78 is 47.7. The molecule has 118 valence electrons. The Balaban J connectivity index is 1.61. The Morgan fingerprint density at radius 1 is 1.23 bits per heavy atom. The molecule has 1 saturated carbocycles. The van der Waals surface area contributed by atoms with Gasteiger partial charge in [-0.25, -0.2) is 0 Å². The molecule has 0 unspecified atom stereocenters. The minimum Gasteiger partial charge on any atom is -0.484 e. The zero-order chi connectivity index (χ0) is 15.8. The lowest BCUT2D eigenvalue weighted by molar-refractivity contribution is -0.137. The largest absolute Gasteiger partial charge is 0.484 e. The first-order chi connectivity index (χ1) is 10.4. The molecule has 2 N–H and O–H groups in total. The number of hydrogen-bond donors (Lipinski definition) is 1. The molecular formula is C14H14F3N3O2. The van der Waals surface area contributed by atoms with Crippen LogP contribution in [-0.4, -0.2) is 10.1 Å². The fourth-order valence-corrected chi connectivity index (χ4v) is 2.18. The molecule has 1 aliphatic rings. The lowest BCUT2D eigenvalue weighted by Gasteiger charge is -2.34. The summed E-state index contributed by atoms with van der Waals surface area (Å²) in [6.07, 6.45) is -1.71. The van der Waals surface area contributed by atoms with Crippen LogP contribution in [0.4, 0.5) is 13.2 Å². The quantitative estimate of drug-likeness (QED) is 0.939. The van der Waals surface area contributed by atoms with Crippen molar-refractivity contribution in [3.8, 4) is 5.75 Å². The van der Waals surface area contributed by atoms with Gasteiger partial charge in [0.1, 0.15) is 5.75 Å². The summed E-state index contributed by atoms with van der Waals surface area (Å²) in [6.45, 7) is -0.0194. The van der Waals surface area contributed by atoms with E-state index >= 15 is 0 Å². The Kier molecular flexibility index (Phi) is 3.56. The second-order valence-corrected chi connectivity index (χ2v) is 5.33. The van der Waals surface area contributed by atoms with Crippen LogP contribution in [0.25, 0.3) is 0 Å². The summed E-state index contributed by atoms with van der Waals surface area (Å²) in [7, 11) is 0. The molecule has 22 heavy (non-hydrogen) atoms. The molecule has 0 aliphatic heterocycles. The van der Waals surface area contributed by atoms with Crippen molar-refractivity contribution in [3.05, 3.63) is 41.5 Å². The van der Waals surface area contributed by atoms with Gasteiger partial charge in [-0.2, -0.15) is 18.2 Å². The van der Waals surface area contributed by atoms with Crippen LogP contribution in [0.5, 0.6) is 5.75 Å². The molecule has 0 atom stereocenters. The maximum atomic E-state index is 12.4. The average Bonchev–Trinajstić information content (AvgIpc) is 2.91. The van der Waals surface area contributed by atoms with E-state index in [1.54, 1.807) is 0 Å². The van der Waals surface area contributed by atoms with E-state index in [0.29, 0.717) is 11.6 Å². The number of alkyl halides is 3. The normalized spacial score (nSPS) is 17.1. The minimum absolute atomic E-state index is 0.0194. The van der Waals surface area contributed by atoms with Gasteiger partial charge in [0.2, 0.25) is 0 Å². The van der Waals surface area contributed by atoms with Crippen LogP contribution in [0, 0.1) is 0 Å². The lowest BCUT2D eigenvalue weighted by Crippen LogP contribution is -2.44. The summed E-state index contributed by atoms with van der Waals surface area (Å²) >= 11 is 0. The number of hydrogen-bond acceptors (Lipinski definition) is 5. The Morgan fingerprint density at radius 2 is 1.91 bits per heavy atom. The summed E-state index contributed by atoms with van der Waals surface area (Å²) in [5.74, 6) is 0.982. The van der Waals surface area contributed by atoms with Crippen LogP contribution < -0.4 is 10.5 Å². The molecular weight excluding hydrogens is 299 g/mol. The second-order valence-electron chi connectivity index (χ2n) is 5.33. The van der Waals surface area contributed by atoms with Crippen molar-refractivity contribution in [1.29, 1.82) is 0 Å². The van der Waals surface area contributed by atoms with Crippen molar-refractivity contribution in [2.45, 2.75) is 37.6 Å². The molecule has 0 saturated heterocycles. The fraction of sp³-hybridized carbons (Fsp3) is 0.429. The third kappa shape index (κ3) is 2.92. The van der Waals surface area contributed by atoms with Crippen molar-refractivity contribution in [2.24, 2.45) is 5.73 Å². The van der Waals surface area contributed by atoms with E-state index in [-0.39, 0.29) is 12.5 Å². The van der Waals surface area contributed by atoms with Gasteiger partial charge >= 0.3 is 6.18 Å². The molecule has 1 aromatic carbocycles. The van der Waals surface area contributed by atoms with E-state index in [0.717, 1.165) is 31.4 Å². The molecule has 0 radical (unpaired) electrons. The van der Waals surface area contributed by atoms with E-state index < -0.39 is 17.3 Å². The van der Waals surface area contributed by atoms with Crippen LogP contribution in [0.3, 0.4) is 0 Å². The van der Waals surface area contributed by atoms with Crippen molar-refractivity contribution in [1.82, 2.24) is 10.1 Å². The molecule has 8 heteroatoms. The van der Waals surface area contributed by atoms with Gasteiger partial charge in [-0.1, -0.05) is 5.16 Å². The predicted octanol–water partition coefficient (Wildman–Crippen LogP) is 3.01. The third-order valence-electron chi connectivity index (χ3n) is 3.70. The molecule has 1 aromatic heterocycles. The van der Waals surface area contributed by atoms with Crippen molar-refractivity contribution in [3.63, 3.8) is 0 Å². The Bertz CT molecular complexity index is 648. The third-order valence-corrected chi connectivity index (χ3v) is 3.70. The number of halogens is 3. The highest BCUT2D eigenvalue weighted by Gasteiger charge is 2.39. The van der Waals surface area contributed by atoms with Crippen LogP contribution in [0.1, 0.15) is 36.5 Å². The molecule has 1 heterocycles. The number of aromatic nitrogens is 2. The maximum absolute atomic E-state index is 12.4. The molecule has 1 fully saturated rings.